The van der Waals surface area contributed by atoms with Crippen LogP contribution >= 0.6 is 0 Å². The largest absolute Gasteiger partial charge is 0.372 e. The third-order valence-corrected chi connectivity index (χ3v) is 2.97. The molecule has 6 nitrogen and oxygen atoms in total. The minimum absolute atomic E-state index is 0.0201. The number of ether oxygens (including phenoxy) is 1. The van der Waals surface area contributed by atoms with E-state index >= 15 is 0 Å². The molecule has 0 saturated carbocycles. The molecule has 0 saturated heterocycles. The van der Waals surface area contributed by atoms with E-state index < -0.39 is 4.92 Å². The average molecular weight is 266 g/mol. The van der Waals surface area contributed by atoms with Crippen LogP contribution in [0.15, 0.2) is 24.3 Å². The van der Waals surface area contributed by atoms with Gasteiger partial charge in [-0.3, -0.25) is 14.9 Å². The Morgan fingerprint density at radius 3 is 2.79 bits per heavy atom. The highest BCUT2D eigenvalue weighted by atomic mass is 16.6. The lowest BCUT2D eigenvalue weighted by Crippen LogP contribution is -2.32. The monoisotopic (exact) mass is 266 g/mol. The molecule has 6 heteroatoms. The number of carbonyl (C=O) groups excluding carboxylic acids is 1. The summed E-state index contributed by atoms with van der Waals surface area (Å²) in [6, 6.07) is 6.05. The van der Waals surface area contributed by atoms with Gasteiger partial charge >= 0.3 is 0 Å². The van der Waals surface area contributed by atoms with E-state index in [-0.39, 0.29) is 24.2 Å². The Hall–Kier alpha value is -1.95. The lowest BCUT2D eigenvalue weighted by Gasteiger charge is -2.25. The second kappa shape index (κ2) is 6.84. The lowest BCUT2D eigenvalue weighted by molar-refractivity contribution is -0.384. The molecule has 104 valence electrons. The van der Waals surface area contributed by atoms with Gasteiger partial charge in [-0.1, -0.05) is 12.1 Å². The molecule has 19 heavy (non-hydrogen) atoms. The van der Waals surface area contributed by atoms with Crippen molar-refractivity contribution in [2.45, 2.75) is 19.9 Å². The number of amides is 1. The Kier molecular flexibility index (Phi) is 5.44. The van der Waals surface area contributed by atoms with Crippen molar-refractivity contribution in [2.75, 3.05) is 20.3 Å². The summed E-state index contributed by atoms with van der Waals surface area (Å²) >= 11 is 0. The molecule has 0 spiro atoms. The number of hydrogen-bond acceptors (Lipinski definition) is 4. The van der Waals surface area contributed by atoms with Crippen LogP contribution in [0.1, 0.15) is 25.5 Å². The summed E-state index contributed by atoms with van der Waals surface area (Å²) in [5.41, 5.74) is 0.747. The van der Waals surface area contributed by atoms with Gasteiger partial charge in [0.05, 0.1) is 11.0 Å². The molecule has 0 aliphatic heterocycles. The SMILES string of the molecule is CCOCC(=O)N(C)C(C)c1cccc([N+](=O)[O-])c1. The number of carbonyl (C=O) groups is 1. The Labute approximate surface area is 112 Å². The molecule has 0 N–H and O–H groups in total. The zero-order chi connectivity index (χ0) is 14.4. The van der Waals surface area contributed by atoms with Gasteiger partial charge in [0.15, 0.2) is 0 Å². The first-order valence-electron chi connectivity index (χ1n) is 6.05. The number of likely N-dealkylation sites (N-methyl/N-ethyl adjacent to an activating group) is 1. The van der Waals surface area contributed by atoms with Crippen LogP contribution in [0.4, 0.5) is 5.69 Å². The molecule has 0 radical (unpaired) electrons. The van der Waals surface area contributed by atoms with E-state index in [9.17, 15) is 14.9 Å². The molecule has 0 aliphatic rings. The number of hydrogen-bond donors (Lipinski definition) is 0. The van der Waals surface area contributed by atoms with Crippen molar-refractivity contribution in [2.24, 2.45) is 0 Å². The normalized spacial score (nSPS) is 11.9. The zero-order valence-corrected chi connectivity index (χ0v) is 11.3. The maximum atomic E-state index is 11.8. The van der Waals surface area contributed by atoms with E-state index in [4.69, 9.17) is 4.74 Å². The van der Waals surface area contributed by atoms with Gasteiger partial charge in [-0.25, -0.2) is 0 Å². The summed E-state index contributed by atoms with van der Waals surface area (Å²) in [5.74, 6) is -0.152. The fourth-order valence-corrected chi connectivity index (χ4v) is 1.63. The van der Waals surface area contributed by atoms with Crippen LogP contribution in [-0.4, -0.2) is 36.0 Å². The van der Waals surface area contributed by atoms with Crippen LogP contribution in [0.25, 0.3) is 0 Å². The molecular weight excluding hydrogens is 248 g/mol. The van der Waals surface area contributed by atoms with E-state index in [1.807, 2.05) is 13.8 Å². The maximum absolute atomic E-state index is 11.8. The van der Waals surface area contributed by atoms with Gasteiger partial charge in [-0.05, 0) is 19.4 Å². The molecule has 1 aromatic carbocycles. The van der Waals surface area contributed by atoms with Crippen molar-refractivity contribution in [1.82, 2.24) is 4.90 Å². The summed E-state index contributed by atoms with van der Waals surface area (Å²) in [6.45, 7) is 4.14. The zero-order valence-electron chi connectivity index (χ0n) is 11.3. The first-order valence-corrected chi connectivity index (χ1v) is 6.05. The summed E-state index contributed by atoms with van der Waals surface area (Å²) in [4.78, 5) is 23.6. The van der Waals surface area contributed by atoms with Gasteiger partial charge in [0.1, 0.15) is 6.61 Å². The van der Waals surface area contributed by atoms with E-state index in [1.165, 1.54) is 17.0 Å². The second-order valence-electron chi connectivity index (χ2n) is 4.17. The first-order chi connectivity index (χ1) is 8.97. The molecular formula is C13H18N2O4. The number of nitrogens with zero attached hydrogens (tertiary/aromatic N) is 2. The Bertz CT molecular complexity index is 462. The molecule has 1 amide bonds. The van der Waals surface area contributed by atoms with E-state index in [1.54, 1.807) is 19.2 Å². The Morgan fingerprint density at radius 1 is 1.53 bits per heavy atom. The molecule has 0 bridgehead atoms. The van der Waals surface area contributed by atoms with Crippen molar-refractivity contribution in [3.8, 4) is 0 Å². The second-order valence-corrected chi connectivity index (χ2v) is 4.17. The molecule has 1 rings (SSSR count). The number of benzene rings is 1. The van der Waals surface area contributed by atoms with Crippen LogP contribution in [0, 0.1) is 10.1 Å². The first kappa shape index (κ1) is 15.1. The highest BCUT2D eigenvalue weighted by molar-refractivity contribution is 5.77. The molecule has 0 heterocycles. The van der Waals surface area contributed by atoms with Gasteiger partial charge in [0.25, 0.3) is 5.69 Å². The van der Waals surface area contributed by atoms with Crippen LogP contribution in [0.5, 0.6) is 0 Å². The quantitative estimate of drug-likeness (QED) is 0.584. The predicted octanol–water partition coefficient (Wildman–Crippen LogP) is 2.15. The minimum Gasteiger partial charge on any atom is -0.372 e. The van der Waals surface area contributed by atoms with Gasteiger partial charge in [-0.2, -0.15) is 0 Å². The molecule has 0 aliphatic carbocycles. The van der Waals surface area contributed by atoms with Gasteiger partial charge in [0, 0.05) is 25.8 Å². The van der Waals surface area contributed by atoms with Crippen molar-refractivity contribution >= 4 is 11.6 Å². The topological polar surface area (TPSA) is 72.7 Å². The molecule has 1 unspecified atom stereocenters. The Morgan fingerprint density at radius 2 is 2.21 bits per heavy atom. The average Bonchev–Trinajstić information content (AvgIpc) is 2.43. The van der Waals surface area contributed by atoms with Crippen molar-refractivity contribution in [3.05, 3.63) is 39.9 Å². The molecule has 0 fully saturated rings. The van der Waals surface area contributed by atoms with Crippen LogP contribution in [0.3, 0.4) is 0 Å². The standard InChI is InChI=1S/C13H18N2O4/c1-4-19-9-13(16)14(3)10(2)11-6-5-7-12(8-11)15(17)18/h5-8,10H,4,9H2,1-3H3. The predicted molar refractivity (Wildman–Crippen MR) is 70.8 cm³/mol. The van der Waals surface area contributed by atoms with Crippen LogP contribution in [0.2, 0.25) is 0 Å². The minimum atomic E-state index is -0.446. The molecule has 0 aromatic heterocycles. The fraction of sp³-hybridized carbons (Fsp3) is 0.462. The summed E-state index contributed by atoms with van der Waals surface area (Å²) in [5, 5.41) is 10.7. The Balaban J connectivity index is 2.81. The number of nitro groups is 1. The highest BCUT2D eigenvalue weighted by Crippen LogP contribution is 2.22. The lowest BCUT2D eigenvalue weighted by atomic mass is 10.1. The van der Waals surface area contributed by atoms with Crippen LogP contribution < -0.4 is 0 Å². The third kappa shape index (κ3) is 4.03. The van der Waals surface area contributed by atoms with Crippen molar-refractivity contribution < 1.29 is 14.5 Å². The molecule has 1 aromatic rings. The molecule has 1 atom stereocenters. The number of non-ortho nitro benzene ring substituents is 1. The fourth-order valence-electron chi connectivity index (χ4n) is 1.63. The smallest absolute Gasteiger partial charge is 0.269 e. The summed E-state index contributed by atoms with van der Waals surface area (Å²) in [7, 11) is 1.66. The third-order valence-electron chi connectivity index (χ3n) is 2.97. The number of rotatable bonds is 6. The van der Waals surface area contributed by atoms with Crippen molar-refractivity contribution in [3.63, 3.8) is 0 Å². The summed E-state index contributed by atoms with van der Waals surface area (Å²) in [6.07, 6.45) is 0. The van der Waals surface area contributed by atoms with Gasteiger partial charge in [-0.15, -0.1) is 0 Å². The van der Waals surface area contributed by atoms with Gasteiger partial charge in [0.2, 0.25) is 5.91 Å². The highest BCUT2D eigenvalue weighted by Gasteiger charge is 2.19. The van der Waals surface area contributed by atoms with E-state index in [0.717, 1.165) is 5.56 Å². The van der Waals surface area contributed by atoms with Crippen LogP contribution in [-0.2, 0) is 9.53 Å². The maximum Gasteiger partial charge on any atom is 0.269 e. The summed E-state index contributed by atoms with van der Waals surface area (Å²) < 4.78 is 5.06. The number of nitro benzene ring substituents is 1. The van der Waals surface area contributed by atoms with Gasteiger partial charge < -0.3 is 9.64 Å². The van der Waals surface area contributed by atoms with E-state index in [0.29, 0.717) is 6.61 Å². The van der Waals surface area contributed by atoms with E-state index in [2.05, 4.69) is 0 Å². The van der Waals surface area contributed by atoms with Crippen molar-refractivity contribution in [1.29, 1.82) is 0 Å².